The fourth-order valence-corrected chi connectivity index (χ4v) is 3.36. The Balaban J connectivity index is 2.28. The molecule has 1 saturated heterocycles. The fraction of sp³-hybridized carbons (Fsp3) is 0.647. The van der Waals surface area contributed by atoms with Gasteiger partial charge in [-0.15, -0.1) is 0 Å². The lowest BCUT2D eigenvalue weighted by molar-refractivity contribution is 0.122. The maximum atomic E-state index is 6.10. The SMILES string of the molecule is CCC1CCCN(C(CN)c2cccc(OC)c2OC)C1. The van der Waals surface area contributed by atoms with E-state index in [0.717, 1.165) is 36.1 Å². The lowest BCUT2D eigenvalue weighted by Crippen LogP contribution is -2.41. The number of hydrogen-bond acceptors (Lipinski definition) is 4. The van der Waals surface area contributed by atoms with Gasteiger partial charge in [-0.1, -0.05) is 25.5 Å². The van der Waals surface area contributed by atoms with E-state index in [0.29, 0.717) is 6.54 Å². The van der Waals surface area contributed by atoms with Crippen LogP contribution >= 0.6 is 0 Å². The zero-order valence-corrected chi connectivity index (χ0v) is 13.5. The lowest BCUT2D eigenvalue weighted by atomic mass is 9.92. The number of nitrogens with two attached hydrogens (primary N) is 1. The second kappa shape index (κ2) is 7.66. The van der Waals surface area contributed by atoms with Gasteiger partial charge in [-0.3, -0.25) is 4.90 Å². The third kappa shape index (κ3) is 3.50. The third-order valence-electron chi connectivity index (χ3n) is 4.58. The summed E-state index contributed by atoms with van der Waals surface area (Å²) in [5.41, 5.74) is 7.23. The highest BCUT2D eigenvalue weighted by molar-refractivity contribution is 5.48. The zero-order chi connectivity index (χ0) is 15.2. The molecule has 4 heteroatoms. The summed E-state index contributed by atoms with van der Waals surface area (Å²) in [6, 6.07) is 6.25. The Kier molecular flexibility index (Phi) is 5.88. The van der Waals surface area contributed by atoms with Gasteiger partial charge >= 0.3 is 0 Å². The van der Waals surface area contributed by atoms with E-state index < -0.39 is 0 Å². The summed E-state index contributed by atoms with van der Waals surface area (Å²) in [6.45, 7) is 5.11. The van der Waals surface area contributed by atoms with Crippen molar-refractivity contribution in [2.24, 2.45) is 11.7 Å². The topological polar surface area (TPSA) is 47.7 Å². The number of ether oxygens (including phenoxy) is 2. The van der Waals surface area contributed by atoms with Crippen LogP contribution in [0.4, 0.5) is 0 Å². The van der Waals surface area contributed by atoms with Crippen molar-refractivity contribution in [3.05, 3.63) is 23.8 Å². The lowest BCUT2D eigenvalue weighted by Gasteiger charge is -2.38. The molecular formula is C17H28N2O2. The summed E-state index contributed by atoms with van der Waals surface area (Å²) < 4.78 is 11.0. The molecular weight excluding hydrogens is 264 g/mol. The van der Waals surface area contributed by atoms with E-state index in [1.165, 1.54) is 19.3 Å². The van der Waals surface area contributed by atoms with Gasteiger partial charge in [0.05, 0.1) is 20.3 Å². The van der Waals surface area contributed by atoms with E-state index >= 15 is 0 Å². The summed E-state index contributed by atoms with van der Waals surface area (Å²) in [4.78, 5) is 2.51. The van der Waals surface area contributed by atoms with Crippen LogP contribution in [0.3, 0.4) is 0 Å². The second-order valence-electron chi connectivity index (χ2n) is 5.75. The minimum absolute atomic E-state index is 0.199. The Hall–Kier alpha value is -1.26. The molecule has 2 unspecified atom stereocenters. The highest BCUT2D eigenvalue weighted by Crippen LogP contribution is 2.38. The van der Waals surface area contributed by atoms with Gasteiger partial charge in [0.1, 0.15) is 0 Å². The van der Waals surface area contributed by atoms with Gasteiger partial charge in [-0.25, -0.2) is 0 Å². The van der Waals surface area contributed by atoms with Crippen LogP contribution in [0.1, 0.15) is 37.8 Å². The molecule has 118 valence electrons. The summed E-state index contributed by atoms with van der Waals surface area (Å²) in [5, 5.41) is 0. The molecule has 1 aliphatic heterocycles. The Bertz CT molecular complexity index is 450. The first-order chi connectivity index (χ1) is 10.2. The van der Waals surface area contributed by atoms with Crippen LogP contribution in [0, 0.1) is 5.92 Å². The molecule has 21 heavy (non-hydrogen) atoms. The molecule has 2 atom stereocenters. The minimum Gasteiger partial charge on any atom is -0.493 e. The van der Waals surface area contributed by atoms with Crippen molar-refractivity contribution in [2.75, 3.05) is 33.9 Å². The molecule has 0 aliphatic carbocycles. The molecule has 0 radical (unpaired) electrons. The van der Waals surface area contributed by atoms with Crippen molar-refractivity contribution in [1.29, 1.82) is 0 Å². The van der Waals surface area contributed by atoms with Crippen molar-refractivity contribution in [3.8, 4) is 11.5 Å². The summed E-state index contributed by atoms with van der Waals surface area (Å²) in [5.74, 6) is 2.37. The van der Waals surface area contributed by atoms with Gasteiger partial charge in [0.25, 0.3) is 0 Å². The van der Waals surface area contributed by atoms with Gasteiger partial charge in [0.2, 0.25) is 0 Å². The van der Waals surface area contributed by atoms with Crippen molar-refractivity contribution >= 4 is 0 Å². The number of rotatable bonds is 6. The average Bonchev–Trinajstić information content (AvgIpc) is 2.55. The second-order valence-corrected chi connectivity index (χ2v) is 5.75. The molecule has 1 heterocycles. The molecule has 0 aromatic heterocycles. The zero-order valence-electron chi connectivity index (χ0n) is 13.5. The average molecular weight is 292 g/mol. The van der Waals surface area contributed by atoms with Crippen LogP contribution < -0.4 is 15.2 Å². The number of piperidine rings is 1. The van der Waals surface area contributed by atoms with Gasteiger partial charge in [0.15, 0.2) is 11.5 Å². The van der Waals surface area contributed by atoms with Crippen molar-refractivity contribution in [2.45, 2.75) is 32.2 Å². The van der Waals surface area contributed by atoms with Crippen molar-refractivity contribution in [3.63, 3.8) is 0 Å². The molecule has 1 aliphatic rings. The molecule has 4 nitrogen and oxygen atoms in total. The first-order valence-electron chi connectivity index (χ1n) is 7.90. The van der Waals surface area contributed by atoms with E-state index in [4.69, 9.17) is 15.2 Å². The van der Waals surface area contributed by atoms with Crippen LogP contribution in [0.25, 0.3) is 0 Å². The number of para-hydroxylation sites is 1. The molecule has 0 saturated carbocycles. The van der Waals surface area contributed by atoms with Crippen LogP contribution in [-0.2, 0) is 0 Å². The van der Waals surface area contributed by atoms with Gasteiger partial charge < -0.3 is 15.2 Å². The molecule has 1 aromatic carbocycles. The minimum atomic E-state index is 0.199. The molecule has 2 rings (SSSR count). The Morgan fingerprint density at radius 1 is 1.33 bits per heavy atom. The first kappa shape index (κ1) is 16.1. The number of likely N-dealkylation sites (tertiary alicyclic amines) is 1. The van der Waals surface area contributed by atoms with E-state index in [1.54, 1.807) is 14.2 Å². The van der Waals surface area contributed by atoms with E-state index in [2.05, 4.69) is 17.9 Å². The largest absolute Gasteiger partial charge is 0.493 e. The van der Waals surface area contributed by atoms with E-state index in [9.17, 15) is 0 Å². The highest BCUT2D eigenvalue weighted by atomic mass is 16.5. The maximum Gasteiger partial charge on any atom is 0.165 e. The summed E-state index contributed by atoms with van der Waals surface area (Å²) in [7, 11) is 3.37. The third-order valence-corrected chi connectivity index (χ3v) is 4.58. The monoisotopic (exact) mass is 292 g/mol. The van der Waals surface area contributed by atoms with Crippen LogP contribution in [0.5, 0.6) is 11.5 Å². The molecule has 0 amide bonds. The smallest absolute Gasteiger partial charge is 0.165 e. The van der Waals surface area contributed by atoms with Crippen LogP contribution in [0.15, 0.2) is 18.2 Å². The highest BCUT2D eigenvalue weighted by Gasteiger charge is 2.28. The summed E-state index contributed by atoms with van der Waals surface area (Å²) >= 11 is 0. The number of methoxy groups -OCH3 is 2. The predicted octanol–water partition coefficient (Wildman–Crippen LogP) is 2.83. The van der Waals surface area contributed by atoms with E-state index in [1.807, 2.05) is 12.1 Å². The molecule has 1 aromatic rings. The number of nitrogens with zero attached hydrogens (tertiary/aromatic N) is 1. The maximum absolute atomic E-state index is 6.10. The van der Waals surface area contributed by atoms with Crippen LogP contribution in [0.2, 0.25) is 0 Å². The Morgan fingerprint density at radius 2 is 2.14 bits per heavy atom. The quantitative estimate of drug-likeness (QED) is 0.876. The molecule has 1 fully saturated rings. The van der Waals surface area contributed by atoms with Crippen LogP contribution in [-0.4, -0.2) is 38.8 Å². The van der Waals surface area contributed by atoms with Gasteiger partial charge in [-0.2, -0.15) is 0 Å². The Morgan fingerprint density at radius 3 is 2.76 bits per heavy atom. The Labute approximate surface area is 128 Å². The van der Waals surface area contributed by atoms with Crippen molar-refractivity contribution in [1.82, 2.24) is 4.90 Å². The standard InChI is InChI=1S/C17H28N2O2/c1-4-13-7-6-10-19(12-13)15(11-18)14-8-5-9-16(20-2)17(14)21-3/h5,8-9,13,15H,4,6-7,10-12,18H2,1-3H3. The molecule has 0 bridgehead atoms. The predicted molar refractivity (Wildman–Crippen MR) is 85.9 cm³/mol. The molecule has 0 spiro atoms. The normalized spacial score (nSPS) is 21.0. The fourth-order valence-electron chi connectivity index (χ4n) is 3.36. The molecule has 2 N–H and O–H groups in total. The number of benzene rings is 1. The summed E-state index contributed by atoms with van der Waals surface area (Å²) in [6.07, 6.45) is 3.82. The van der Waals surface area contributed by atoms with Gasteiger partial charge in [0, 0.05) is 18.7 Å². The van der Waals surface area contributed by atoms with Gasteiger partial charge in [-0.05, 0) is 31.4 Å². The van der Waals surface area contributed by atoms with E-state index in [-0.39, 0.29) is 6.04 Å². The first-order valence-corrected chi connectivity index (χ1v) is 7.90. The number of hydrogen-bond donors (Lipinski definition) is 1. The van der Waals surface area contributed by atoms with Crippen molar-refractivity contribution < 1.29 is 9.47 Å².